The summed E-state index contributed by atoms with van der Waals surface area (Å²) in [4.78, 5) is 3.38. The Balaban J connectivity index is 0.000000750. The molecule has 3 aromatic rings. The molecule has 0 aliphatic heterocycles. The van der Waals surface area contributed by atoms with Crippen LogP contribution in [0.5, 0.6) is 0 Å². The van der Waals surface area contributed by atoms with E-state index in [1.165, 1.54) is 21.8 Å². The van der Waals surface area contributed by atoms with E-state index < -0.39 is 0 Å². The van der Waals surface area contributed by atoms with Crippen LogP contribution in [-0.2, 0) is 0 Å². The molecule has 2 aromatic carbocycles. The van der Waals surface area contributed by atoms with Gasteiger partial charge in [-0.05, 0) is 12.1 Å². The summed E-state index contributed by atoms with van der Waals surface area (Å²) in [5.74, 6) is 0. The monoisotopic (exact) mass is 184 g/mol. The van der Waals surface area contributed by atoms with Gasteiger partial charge >= 0.3 is 0 Å². The number of hydrogen-bond donors (Lipinski definition) is 2. The van der Waals surface area contributed by atoms with E-state index in [9.17, 15) is 0 Å². The minimum absolute atomic E-state index is 0. The number of nitrogens with one attached hydrogen (secondary N) is 1. The van der Waals surface area contributed by atoms with Crippen molar-refractivity contribution in [2.24, 2.45) is 0 Å². The first-order chi connectivity index (χ1) is 6.45. The smallest absolute Gasteiger partial charge is 0.0464 e. The highest BCUT2D eigenvalue weighted by Gasteiger charge is 2.00. The van der Waals surface area contributed by atoms with Crippen LogP contribution in [0.2, 0.25) is 0 Å². The lowest BCUT2D eigenvalue weighted by Gasteiger charge is -1.87. The minimum atomic E-state index is 0. The third-order valence-corrected chi connectivity index (χ3v) is 2.41. The average molecular weight is 184 g/mol. The largest absolute Gasteiger partial charge is 0.355 e. The van der Waals surface area contributed by atoms with Gasteiger partial charge in [0.25, 0.3) is 0 Å². The van der Waals surface area contributed by atoms with Gasteiger partial charge in [0.15, 0.2) is 0 Å². The zero-order chi connectivity index (χ0) is 8.67. The molecule has 2 heteroatoms. The summed E-state index contributed by atoms with van der Waals surface area (Å²) in [7, 11) is 0. The molecule has 0 saturated carbocycles. The second kappa shape index (κ2) is 3.16. The normalized spacial score (nSPS) is 10.3. The van der Waals surface area contributed by atoms with Crippen molar-refractivity contribution in [1.29, 1.82) is 0 Å². The Morgan fingerprint density at radius 2 is 1.07 bits per heavy atom. The van der Waals surface area contributed by atoms with Crippen molar-refractivity contribution in [3.05, 3.63) is 48.5 Å². The molecule has 0 atom stereocenters. The first kappa shape index (κ1) is 8.78. The lowest BCUT2D eigenvalue weighted by atomic mass is 10.2. The Morgan fingerprint density at radius 3 is 1.57 bits per heavy atom. The van der Waals surface area contributed by atoms with Crippen LogP contribution >= 0.6 is 0 Å². The van der Waals surface area contributed by atoms with Gasteiger partial charge in [-0.15, -0.1) is 0 Å². The fourth-order valence-corrected chi connectivity index (χ4v) is 1.80. The average Bonchev–Trinajstić information content (AvgIpc) is 2.56. The Bertz CT molecular complexity index is 516. The van der Waals surface area contributed by atoms with Crippen LogP contribution < -0.4 is 6.15 Å². The van der Waals surface area contributed by atoms with E-state index in [2.05, 4.69) is 53.5 Å². The zero-order valence-electron chi connectivity index (χ0n) is 7.83. The van der Waals surface area contributed by atoms with Gasteiger partial charge in [-0.3, -0.25) is 0 Å². The predicted molar refractivity (Wildman–Crippen MR) is 60.8 cm³/mol. The highest BCUT2D eigenvalue weighted by Crippen LogP contribution is 2.24. The van der Waals surface area contributed by atoms with Gasteiger partial charge in [-0.1, -0.05) is 36.4 Å². The van der Waals surface area contributed by atoms with Crippen LogP contribution in [-0.4, -0.2) is 4.98 Å². The molecule has 2 nitrogen and oxygen atoms in total. The van der Waals surface area contributed by atoms with Crippen LogP contribution in [0, 0.1) is 0 Å². The molecule has 0 spiro atoms. The number of para-hydroxylation sites is 2. The van der Waals surface area contributed by atoms with Crippen molar-refractivity contribution in [1.82, 2.24) is 11.1 Å². The molecule has 0 saturated heterocycles. The summed E-state index contributed by atoms with van der Waals surface area (Å²) in [6.45, 7) is 0. The summed E-state index contributed by atoms with van der Waals surface area (Å²) in [6.07, 6.45) is 0. The molecule has 70 valence electrons. The number of aromatic amines is 1. The molecule has 1 heterocycles. The minimum Gasteiger partial charge on any atom is -0.355 e. The molecule has 0 aliphatic rings. The standard InChI is InChI=1S/C12H9N.H3N/c1-3-7-11-9(5-1)10-6-2-4-8-12(10)13-11;/h1-8,13H;1H3. The van der Waals surface area contributed by atoms with Gasteiger partial charge in [0, 0.05) is 21.8 Å². The van der Waals surface area contributed by atoms with Crippen molar-refractivity contribution >= 4 is 21.8 Å². The molecular weight excluding hydrogens is 172 g/mol. The maximum Gasteiger partial charge on any atom is 0.0464 e. The number of rotatable bonds is 0. The van der Waals surface area contributed by atoms with E-state index in [1.54, 1.807) is 0 Å². The molecule has 0 radical (unpaired) electrons. The Labute approximate surface area is 82.1 Å². The second-order valence-corrected chi connectivity index (χ2v) is 3.22. The van der Waals surface area contributed by atoms with Crippen molar-refractivity contribution in [3.63, 3.8) is 0 Å². The van der Waals surface area contributed by atoms with Gasteiger partial charge < -0.3 is 11.1 Å². The summed E-state index contributed by atoms with van der Waals surface area (Å²) in [5.41, 5.74) is 2.42. The van der Waals surface area contributed by atoms with Crippen LogP contribution in [0.3, 0.4) is 0 Å². The van der Waals surface area contributed by atoms with Crippen LogP contribution in [0.4, 0.5) is 0 Å². The number of benzene rings is 2. The molecule has 0 fully saturated rings. The second-order valence-electron chi connectivity index (χ2n) is 3.22. The van der Waals surface area contributed by atoms with Gasteiger partial charge in [-0.2, -0.15) is 0 Å². The third-order valence-electron chi connectivity index (χ3n) is 2.41. The SMILES string of the molecule is N.c1ccc2c(c1)[nH]c1ccccc12. The quantitative estimate of drug-likeness (QED) is 0.552. The maximum absolute atomic E-state index is 3.38. The molecule has 0 unspecified atom stereocenters. The fourth-order valence-electron chi connectivity index (χ4n) is 1.80. The molecule has 0 amide bonds. The lowest BCUT2D eigenvalue weighted by molar-refractivity contribution is 1.55. The zero-order valence-corrected chi connectivity index (χ0v) is 7.83. The number of H-pyrrole nitrogens is 1. The summed E-state index contributed by atoms with van der Waals surface area (Å²) in [6, 6.07) is 16.8. The Kier molecular flexibility index (Phi) is 1.98. The van der Waals surface area contributed by atoms with E-state index in [-0.39, 0.29) is 6.15 Å². The molecular formula is C12H12N2. The van der Waals surface area contributed by atoms with Crippen molar-refractivity contribution in [2.75, 3.05) is 0 Å². The first-order valence-corrected chi connectivity index (χ1v) is 4.40. The highest BCUT2D eigenvalue weighted by atomic mass is 14.7. The van der Waals surface area contributed by atoms with E-state index in [1.807, 2.05) is 0 Å². The molecule has 3 rings (SSSR count). The summed E-state index contributed by atoms with van der Waals surface area (Å²) < 4.78 is 0. The molecule has 14 heavy (non-hydrogen) atoms. The van der Waals surface area contributed by atoms with E-state index in [0.29, 0.717) is 0 Å². The fraction of sp³-hybridized carbons (Fsp3) is 0. The summed E-state index contributed by atoms with van der Waals surface area (Å²) in [5, 5.41) is 2.61. The third kappa shape index (κ3) is 1.09. The van der Waals surface area contributed by atoms with E-state index in [0.717, 1.165) is 0 Å². The van der Waals surface area contributed by atoms with Gasteiger partial charge in [0.05, 0.1) is 0 Å². The van der Waals surface area contributed by atoms with Crippen molar-refractivity contribution in [3.8, 4) is 0 Å². The number of fused-ring (bicyclic) bond motifs is 3. The van der Waals surface area contributed by atoms with Gasteiger partial charge in [0.1, 0.15) is 0 Å². The number of aromatic nitrogens is 1. The predicted octanol–water partition coefficient (Wildman–Crippen LogP) is 3.48. The number of hydrogen-bond acceptors (Lipinski definition) is 1. The van der Waals surface area contributed by atoms with E-state index >= 15 is 0 Å². The topological polar surface area (TPSA) is 50.8 Å². The molecule has 4 N–H and O–H groups in total. The van der Waals surface area contributed by atoms with E-state index in [4.69, 9.17) is 0 Å². The van der Waals surface area contributed by atoms with Gasteiger partial charge in [0.2, 0.25) is 0 Å². The highest BCUT2D eigenvalue weighted by molar-refractivity contribution is 6.06. The molecule has 0 bridgehead atoms. The molecule has 0 aliphatic carbocycles. The van der Waals surface area contributed by atoms with Crippen LogP contribution in [0.15, 0.2) is 48.5 Å². The first-order valence-electron chi connectivity index (χ1n) is 4.40. The Morgan fingerprint density at radius 1 is 0.643 bits per heavy atom. The maximum atomic E-state index is 3.38. The van der Waals surface area contributed by atoms with Crippen molar-refractivity contribution in [2.45, 2.75) is 0 Å². The lowest BCUT2D eigenvalue weighted by Crippen LogP contribution is -1.62. The van der Waals surface area contributed by atoms with Gasteiger partial charge in [-0.25, -0.2) is 0 Å². The van der Waals surface area contributed by atoms with Crippen LogP contribution in [0.25, 0.3) is 21.8 Å². The van der Waals surface area contributed by atoms with Crippen molar-refractivity contribution < 1.29 is 0 Å². The Hall–Kier alpha value is -1.80. The molecule has 1 aromatic heterocycles. The summed E-state index contributed by atoms with van der Waals surface area (Å²) >= 11 is 0. The van der Waals surface area contributed by atoms with Crippen LogP contribution in [0.1, 0.15) is 0 Å².